The minimum Gasteiger partial charge on any atom is -0.375 e. The fourth-order valence-electron chi connectivity index (χ4n) is 0.590. The molecule has 46 valence electrons. The van der Waals surface area contributed by atoms with Crippen molar-refractivity contribution in [2.45, 2.75) is 6.04 Å². The van der Waals surface area contributed by atoms with E-state index in [9.17, 15) is 0 Å². The summed E-state index contributed by atoms with van der Waals surface area (Å²) in [5.41, 5.74) is 2.13. The van der Waals surface area contributed by atoms with Crippen molar-refractivity contribution in [2.75, 3.05) is 13.1 Å². The lowest BCUT2D eigenvalue weighted by atomic mass is 10.3. The van der Waals surface area contributed by atoms with Gasteiger partial charge in [-0.3, -0.25) is 4.99 Å². The minimum atomic E-state index is 0.0833. The highest BCUT2D eigenvalue weighted by Crippen LogP contribution is 1.84. The molecule has 0 saturated heterocycles. The maximum Gasteiger partial charge on any atom is 0.0825 e. The molecule has 4 nitrogen and oxygen atoms in total. The second-order valence-corrected chi connectivity index (χ2v) is 1.73. The predicted octanol–water partition coefficient (Wildman–Crippen LogP) is -1.03. The molecule has 0 saturated carbocycles. The van der Waals surface area contributed by atoms with Gasteiger partial charge in [-0.15, -0.1) is 0 Å². The van der Waals surface area contributed by atoms with E-state index in [1.165, 1.54) is 0 Å². The average molecular weight is 115 g/mol. The van der Waals surface area contributed by atoms with Gasteiger partial charge in [0.25, 0.3) is 0 Å². The van der Waals surface area contributed by atoms with Gasteiger partial charge in [0.1, 0.15) is 0 Å². The third kappa shape index (κ3) is 1.18. The van der Waals surface area contributed by atoms with E-state index in [1.54, 1.807) is 6.34 Å². The van der Waals surface area contributed by atoms with Crippen LogP contribution in [0.5, 0.6) is 0 Å². The van der Waals surface area contributed by atoms with Crippen molar-refractivity contribution in [1.29, 1.82) is 0 Å². The van der Waals surface area contributed by atoms with Gasteiger partial charge < -0.3 is 10.5 Å². The van der Waals surface area contributed by atoms with Crippen molar-refractivity contribution in [3.8, 4) is 0 Å². The van der Waals surface area contributed by atoms with Gasteiger partial charge in [0.2, 0.25) is 0 Å². The van der Waals surface area contributed by atoms with Gasteiger partial charge >= 0.3 is 0 Å². The van der Waals surface area contributed by atoms with Crippen LogP contribution in [-0.2, 0) is 0 Å². The Kier molecular flexibility index (Phi) is 1.82. The van der Waals surface area contributed by atoms with Crippen LogP contribution in [0.3, 0.4) is 0 Å². The highest BCUT2D eigenvalue weighted by atomic mass is 16.5. The molecule has 0 aromatic carbocycles. The largest absolute Gasteiger partial charge is 0.375 e. The molecule has 1 rings (SSSR count). The third-order valence-corrected chi connectivity index (χ3v) is 1.06. The van der Waals surface area contributed by atoms with Crippen molar-refractivity contribution >= 4 is 6.34 Å². The molecule has 4 heteroatoms. The van der Waals surface area contributed by atoms with Crippen LogP contribution in [0.25, 0.3) is 0 Å². The lowest BCUT2D eigenvalue weighted by Crippen LogP contribution is -2.41. The van der Waals surface area contributed by atoms with Crippen molar-refractivity contribution in [3.05, 3.63) is 0 Å². The monoisotopic (exact) mass is 115 g/mol. The van der Waals surface area contributed by atoms with E-state index >= 15 is 0 Å². The fraction of sp³-hybridized carbons (Fsp3) is 0.750. The molecular weight excluding hydrogens is 106 g/mol. The Morgan fingerprint density at radius 1 is 1.88 bits per heavy atom. The van der Waals surface area contributed by atoms with Gasteiger partial charge in [-0.05, 0) is 0 Å². The average Bonchev–Trinajstić information content (AvgIpc) is 1.90. The smallest absolute Gasteiger partial charge is 0.0825 e. The molecule has 8 heavy (non-hydrogen) atoms. The molecule has 0 spiro atoms. The molecule has 0 fully saturated rings. The first kappa shape index (κ1) is 5.53. The fourth-order valence-corrected chi connectivity index (χ4v) is 0.590. The SMILES string of the molecule is ONC1CN=CNC1. The lowest BCUT2D eigenvalue weighted by molar-refractivity contribution is 0.128. The van der Waals surface area contributed by atoms with E-state index in [0.717, 1.165) is 6.54 Å². The summed E-state index contributed by atoms with van der Waals surface area (Å²) >= 11 is 0. The molecule has 3 N–H and O–H groups in total. The molecule has 1 aliphatic heterocycles. The molecule has 0 radical (unpaired) electrons. The van der Waals surface area contributed by atoms with Gasteiger partial charge in [-0.25, -0.2) is 0 Å². The van der Waals surface area contributed by atoms with Crippen LogP contribution in [0.1, 0.15) is 0 Å². The minimum absolute atomic E-state index is 0.0833. The Morgan fingerprint density at radius 2 is 2.75 bits per heavy atom. The maximum atomic E-state index is 8.33. The van der Waals surface area contributed by atoms with Crippen LogP contribution in [0.15, 0.2) is 4.99 Å². The molecule has 1 heterocycles. The Bertz CT molecular complexity index is 93.3. The van der Waals surface area contributed by atoms with E-state index in [0.29, 0.717) is 6.54 Å². The van der Waals surface area contributed by atoms with Crippen LogP contribution in [-0.4, -0.2) is 30.7 Å². The number of aliphatic imine (C=N–C) groups is 1. The number of hydroxylamine groups is 1. The van der Waals surface area contributed by atoms with Crippen LogP contribution in [0.4, 0.5) is 0 Å². The molecule has 0 aliphatic carbocycles. The zero-order valence-electron chi connectivity index (χ0n) is 4.46. The summed E-state index contributed by atoms with van der Waals surface area (Å²) in [7, 11) is 0. The number of nitrogens with one attached hydrogen (secondary N) is 2. The molecule has 0 aromatic rings. The third-order valence-electron chi connectivity index (χ3n) is 1.06. The van der Waals surface area contributed by atoms with Gasteiger partial charge in [0.05, 0.1) is 18.9 Å². The summed E-state index contributed by atoms with van der Waals surface area (Å²) in [5.74, 6) is 0. The van der Waals surface area contributed by atoms with E-state index in [1.807, 2.05) is 0 Å². The van der Waals surface area contributed by atoms with Crippen LogP contribution in [0, 0.1) is 0 Å². The standard InChI is InChI=1S/C4H9N3O/c8-7-4-1-5-3-6-2-4/h3-4,7-8H,1-2H2,(H,5,6). The number of nitrogens with zero attached hydrogens (tertiary/aromatic N) is 1. The van der Waals surface area contributed by atoms with Gasteiger partial charge in [-0.1, -0.05) is 0 Å². The van der Waals surface area contributed by atoms with E-state index < -0.39 is 0 Å². The van der Waals surface area contributed by atoms with Crippen LogP contribution < -0.4 is 10.8 Å². The molecule has 1 atom stereocenters. The molecule has 1 aliphatic rings. The molecule has 0 amide bonds. The van der Waals surface area contributed by atoms with Crippen molar-refractivity contribution in [2.24, 2.45) is 4.99 Å². The molecule has 0 aromatic heterocycles. The van der Waals surface area contributed by atoms with Crippen LogP contribution >= 0.6 is 0 Å². The first-order valence-corrected chi connectivity index (χ1v) is 2.55. The summed E-state index contributed by atoms with van der Waals surface area (Å²) in [6.45, 7) is 1.41. The summed E-state index contributed by atoms with van der Waals surface area (Å²) < 4.78 is 0. The summed E-state index contributed by atoms with van der Waals surface area (Å²) in [4.78, 5) is 3.87. The van der Waals surface area contributed by atoms with Crippen molar-refractivity contribution in [1.82, 2.24) is 10.8 Å². The quantitative estimate of drug-likeness (QED) is 0.383. The first-order valence-electron chi connectivity index (χ1n) is 2.55. The Labute approximate surface area is 47.6 Å². The Hall–Kier alpha value is -0.610. The second kappa shape index (κ2) is 2.64. The van der Waals surface area contributed by atoms with E-state index in [2.05, 4.69) is 15.8 Å². The summed E-state index contributed by atoms with van der Waals surface area (Å²) in [5, 5.41) is 11.2. The summed E-state index contributed by atoms with van der Waals surface area (Å²) in [6, 6.07) is 0.0833. The van der Waals surface area contributed by atoms with Gasteiger partial charge in [-0.2, -0.15) is 5.48 Å². The summed E-state index contributed by atoms with van der Waals surface area (Å²) in [6.07, 6.45) is 1.65. The maximum absolute atomic E-state index is 8.33. The van der Waals surface area contributed by atoms with Crippen molar-refractivity contribution < 1.29 is 5.21 Å². The first-order chi connectivity index (χ1) is 3.93. The predicted molar refractivity (Wildman–Crippen MR) is 30.1 cm³/mol. The van der Waals surface area contributed by atoms with E-state index in [4.69, 9.17) is 5.21 Å². The normalized spacial score (nSPS) is 27.4. The van der Waals surface area contributed by atoms with Crippen molar-refractivity contribution in [3.63, 3.8) is 0 Å². The topological polar surface area (TPSA) is 56.6 Å². The zero-order chi connectivity index (χ0) is 5.82. The second-order valence-electron chi connectivity index (χ2n) is 1.73. The van der Waals surface area contributed by atoms with Crippen LogP contribution in [0.2, 0.25) is 0 Å². The Balaban J connectivity index is 2.27. The highest BCUT2D eigenvalue weighted by Gasteiger charge is 2.06. The zero-order valence-corrected chi connectivity index (χ0v) is 4.46. The highest BCUT2D eigenvalue weighted by molar-refractivity contribution is 5.55. The lowest BCUT2D eigenvalue weighted by Gasteiger charge is -2.15. The van der Waals surface area contributed by atoms with Gasteiger partial charge in [0.15, 0.2) is 0 Å². The van der Waals surface area contributed by atoms with E-state index in [-0.39, 0.29) is 6.04 Å². The molecule has 0 bridgehead atoms. The Morgan fingerprint density at radius 3 is 3.12 bits per heavy atom. The molecule has 1 unspecified atom stereocenters. The number of rotatable bonds is 1. The molecular formula is C4H9N3O. The number of hydrogen-bond acceptors (Lipinski definition) is 4. The van der Waals surface area contributed by atoms with Gasteiger partial charge in [0, 0.05) is 6.54 Å². The number of hydrogen-bond donors (Lipinski definition) is 3.